The number of hydrogen-bond acceptors (Lipinski definition) is 6. The van der Waals surface area contributed by atoms with Crippen LogP contribution in [0.15, 0.2) is 18.3 Å². The van der Waals surface area contributed by atoms with Crippen LogP contribution in [0, 0.1) is 11.3 Å². The molecule has 2 fully saturated rings. The van der Waals surface area contributed by atoms with Crippen LogP contribution < -0.4 is 4.74 Å². The second-order valence-electron chi connectivity index (χ2n) is 9.45. The van der Waals surface area contributed by atoms with Crippen LogP contribution in [0.25, 0.3) is 0 Å². The van der Waals surface area contributed by atoms with E-state index in [1.807, 2.05) is 23.9 Å². The van der Waals surface area contributed by atoms with Crippen LogP contribution in [-0.2, 0) is 20.7 Å². The van der Waals surface area contributed by atoms with Gasteiger partial charge in [0.15, 0.2) is 5.78 Å². The predicted molar refractivity (Wildman–Crippen MR) is 126 cm³/mol. The fourth-order valence-electron chi connectivity index (χ4n) is 4.73. The number of nitrogens with zero attached hydrogens (tertiary/aromatic N) is 1. The summed E-state index contributed by atoms with van der Waals surface area (Å²) in [4.78, 5) is 17.4. The zero-order valence-corrected chi connectivity index (χ0v) is 20.5. The Bertz CT molecular complexity index is 713. The van der Waals surface area contributed by atoms with Crippen molar-refractivity contribution >= 4 is 17.5 Å². The van der Waals surface area contributed by atoms with Crippen LogP contribution in [0.4, 0.5) is 0 Å². The molecular weight excluding hydrogens is 410 g/mol. The Balaban J connectivity index is 1.70. The number of methoxy groups -OCH3 is 1. The van der Waals surface area contributed by atoms with Gasteiger partial charge < -0.3 is 14.2 Å². The first-order chi connectivity index (χ1) is 14.9. The minimum Gasteiger partial charge on any atom is -0.490 e. The van der Waals surface area contributed by atoms with Crippen molar-refractivity contribution in [2.75, 3.05) is 25.4 Å². The average molecular weight is 450 g/mol. The molecule has 31 heavy (non-hydrogen) atoms. The van der Waals surface area contributed by atoms with Gasteiger partial charge in [0.25, 0.3) is 0 Å². The van der Waals surface area contributed by atoms with E-state index in [4.69, 9.17) is 14.2 Å². The summed E-state index contributed by atoms with van der Waals surface area (Å²) in [6.07, 6.45) is 11.3. The number of ketones is 1. The summed E-state index contributed by atoms with van der Waals surface area (Å²) in [7, 11) is 1.59. The number of rotatable bonds is 13. The van der Waals surface area contributed by atoms with Crippen LogP contribution in [0.2, 0.25) is 0 Å². The minimum atomic E-state index is -0.953. The van der Waals surface area contributed by atoms with Crippen molar-refractivity contribution in [3.05, 3.63) is 24.0 Å². The Morgan fingerprint density at radius 1 is 1.32 bits per heavy atom. The monoisotopic (exact) mass is 449 g/mol. The van der Waals surface area contributed by atoms with Crippen molar-refractivity contribution in [1.29, 1.82) is 0 Å². The van der Waals surface area contributed by atoms with Crippen LogP contribution in [-0.4, -0.2) is 47.9 Å². The zero-order chi connectivity index (χ0) is 22.3. The number of carbonyl (C=O) groups excluding carboxylic acids is 1. The maximum absolute atomic E-state index is 12.9. The van der Waals surface area contributed by atoms with Crippen LogP contribution in [0.3, 0.4) is 0 Å². The summed E-state index contributed by atoms with van der Waals surface area (Å²) in [5, 5.41) is 0. The van der Waals surface area contributed by atoms with Crippen molar-refractivity contribution < 1.29 is 19.0 Å². The molecule has 6 heteroatoms. The molecule has 1 aromatic heterocycles. The molecule has 0 bridgehead atoms. The van der Waals surface area contributed by atoms with E-state index in [0.29, 0.717) is 11.8 Å². The van der Waals surface area contributed by atoms with E-state index in [9.17, 15) is 4.79 Å². The van der Waals surface area contributed by atoms with E-state index in [2.05, 4.69) is 18.8 Å². The van der Waals surface area contributed by atoms with Gasteiger partial charge >= 0.3 is 0 Å². The van der Waals surface area contributed by atoms with Crippen LogP contribution >= 0.6 is 11.8 Å². The minimum absolute atomic E-state index is 0.0179. The van der Waals surface area contributed by atoms with E-state index in [1.54, 1.807) is 20.2 Å². The predicted octanol–water partition coefficient (Wildman–Crippen LogP) is 5.45. The van der Waals surface area contributed by atoms with Crippen molar-refractivity contribution in [1.82, 2.24) is 4.98 Å². The Hall–Kier alpha value is -1.11. The smallest absolute Gasteiger partial charge is 0.162 e. The fourth-order valence-corrected chi connectivity index (χ4v) is 5.81. The lowest BCUT2D eigenvalue weighted by Gasteiger charge is -2.36. The first kappa shape index (κ1) is 24.5. The van der Waals surface area contributed by atoms with Gasteiger partial charge in [-0.25, -0.2) is 0 Å². The van der Waals surface area contributed by atoms with Gasteiger partial charge in [-0.05, 0) is 74.9 Å². The lowest BCUT2D eigenvalue weighted by Crippen LogP contribution is -2.50. The molecule has 0 saturated heterocycles. The van der Waals surface area contributed by atoms with E-state index in [-0.39, 0.29) is 24.6 Å². The van der Waals surface area contributed by atoms with Gasteiger partial charge in [0, 0.05) is 37.4 Å². The Morgan fingerprint density at radius 3 is 2.68 bits per heavy atom. The molecular formula is C25H39NO4S. The molecule has 0 aromatic carbocycles. The molecule has 2 atom stereocenters. The number of carbonyl (C=O) groups is 1. The van der Waals surface area contributed by atoms with Crippen molar-refractivity contribution in [2.45, 2.75) is 83.8 Å². The molecule has 2 saturated carbocycles. The lowest BCUT2D eigenvalue weighted by atomic mass is 9.82. The topological polar surface area (TPSA) is 57.6 Å². The van der Waals surface area contributed by atoms with Gasteiger partial charge in [-0.15, -0.1) is 0 Å². The first-order valence-electron chi connectivity index (χ1n) is 11.8. The van der Waals surface area contributed by atoms with Gasteiger partial charge in [-0.2, -0.15) is 11.8 Å². The van der Waals surface area contributed by atoms with E-state index in [1.165, 1.54) is 25.7 Å². The molecule has 0 amide bonds. The van der Waals surface area contributed by atoms with Gasteiger partial charge in [0.2, 0.25) is 0 Å². The molecule has 0 N–H and O–H groups in total. The highest BCUT2D eigenvalue weighted by Crippen LogP contribution is 2.56. The van der Waals surface area contributed by atoms with E-state index >= 15 is 0 Å². The Morgan fingerprint density at radius 2 is 2.06 bits per heavy atom. The van der Waals surface area contributed by atoms with Crippen molar-refractivity contribution in [3.8, 4) is 5.75 Å². The number of hydrogen-bond donors (Lipinski definition) is 0. The molecule has 1 aromatic rings. The molecule has 0 unspecified atom stereocenters. The summed E-state index contributed by atoms with van der Waals surface area (Å²) < 4.78 is 17.6. The molecule has 174 valence electrons. The summed E-state index contributed by atoms with van der Waals surface area (Å²) in [6.45, 7) is 5.97. The first-order valence-corrected chi connectivity index (χ1v) is 12.9. The fraction of sp³-hybridized carbons (Fsp3) is 0.760. The number of thioether (sulfide) groups is 1. The third-order valence-corrected chi connectivity index (χ3v) is 8.46. The number of ether oxygens (including phenoxy) is 3. The molecule has 2 aliphatic rings. The molecule has 0 radical (unpaired) electrons. The molecule has 1 spiro atoms. The SMILES string of the molecule is CCCSC[C@H](C)[C@@](Cc1cc(OC2CCC3(CC2)CC3)ccn1)(OCOC)C(C)=O. The van der Waals surface area contributed by atoms with Crippen LogP contribution in [0.5, 0.6) is 5.75 Å². The molecule has 2 aliphatic carbocycles. The average Bonchev–Trinajstić information content (AvgIpc) is 3.52. The second-order valence-corrected chi connectivity index (χ2v) is 10.6. The standard InChI is InChI=1S/C25H39NO4S/c1-5-14-31-17-19(2)25(20(3)27,29-18-28-4)16-21-15-23(8-13-26-21)30-22-6-9-24(10-7-22)11-12-24/h8,13,15,19,22H,5-7,9-12,14,16-18H2,1-4H3/t19-,25+/m0/s1. The summed E-state index contributed by atoms with van der Waals surface area (Å²) in [5.74, 6) is 2.84. The quantitative estimate of drug-likeness (QED) is 0.295. The van der Waals surface area contributed by atoms with Gasteiger partial charge in [0.1, 0.15) is 18.1 Å². The van der Waals surface area contributed by atoms with E-state index < -0.39 is 5.60 Å². The lowest BCUT2D eigenvalue weighted by molar-refractivity contribution is -0.171. The van der Waals surface area contributed by atoms with Gasteiger partial charge in [-0.1, -0.05) is 13.8 Å². The largest absolute Gasteiger partial charge is 0.490 e. The van der Waals surface area contributed by atoms with E-state index in [0.717, 1.165) is 42.2 Å². The third kappa shape index (κ3) is 6.45. The summed E-state index contributed by atoms with van der Waals surface area (Å²) >= 11 is 1.86. The highest BCUT2D eigenvalue weighted by Gasteiger charge is 2.45. The Labute approximate surface area is 192 Å². The number of aromatic nitrogens is 1. The van der Waals surface area contributed by atoms with Crippen LogP contribution in [0.1, 0.15) is 71.4 Å². The maximum atomic E-state index is 12.9. The summed E-state index contributed by atoms with van der Waals surface area (Å²) in [5.41, 5.74) is 0.534. The normalized spacial score (nSPS) is 20.9. The van der Waals surface area contributed by atoms with Crippen molar-refractivity contribution in [2.24, 2.45) is 11.3 Å². The summed E-state index contributed by atoms with van der Waals surface area (Å²) in [6, 6.07) is 3.91. The molecule has 5 nitrogen and oxygen atoms in total. The van der Waals surface area contributed by atoms with Gasteiger partial charge in [-0.3, -0.25) is 9.78 Å². The van der Waals surface area contributed by atoms with Crippen molar-refractivity contribution in [3.63, 3.8) is 0 Å². The Kier molecular flexibility index (Phi) is 8.82. The third-order valence-electron chi connectivity index (χ3n) is 7.03. The highest BCUT2D eigenvalue weighted by atomic mass is 32.2. The molecule has 1 heterocycles. The maximum Gasteiger partial charge on any atom is 0.162 e. The molecule has 0 aliphatic heterocycles. The van der Waals surface area contributed by atoms with Gasteiger partial charge in [0.05, 0.1) is 6.10 Å². The molecule has 3 rings (SSSR count). The zero-order valence-electron chi connectivity index (χ0n) is 19.7. The second kappa shape index (κ2) is 11.2. The number of pyridine rings is 1. The number of Topliss-reactive ketones (excluding diaryl/α,β-unsaturated/α-hetero) is 1. The highest BCUT2D eigenvalue weighted by molar-refractivity contribution is 7.99.